The van der Waals surface area contributed by atoms with Crippen LogP contribution in [0.15, 0.2) is 0 Å². The van der Waals surface area contributed by atoms with Crippen LogP contribution in [0.4, 0.5) is 4.39 Å². The molecule has 0 aliphatic heterocycles. The van der Waals surface area contributed by atoms with E-state index in [1.165, 1.54) is 0 Å². The topological polar surface area (TPSA) is 0 Å². The molecule has 0 nitrogen and oxygen atoms in total. The highest BCUT2D eigenvalue weighted by Gasteiger charge is 2.18. The van der Waals surface area contributed by atoms with Crippen LogP contribution >= 0.6 is 15.9 Å². The molecule has 1 aliphatic carbocycles. The minimum atomic E-state index is -0.534. The van der Waals surface area contributed by atoms with E-state index in [0.29, 0.717) is 4.83 Å². The van der Waals surface area contributed by atoms with E-state index in [1.54, 1.807) is 0 Å². The van der Waals surface area contributed by atoms with E-state index in [2.05, 4.69) is 15.9 Å². The molecule has 1 rings (SSSR count). The van der Waals surface area contributed by atoms with Gasteiger partial charge in [0.1, 0.15) is 6.17 Å². The maximum Gasteiger partial charge on any atom is 0.101 e. The van der Waals surface area contributed by atoms with Crippen LogP contribution in [0.25, 0.3) is 0 Å². The molecule has 0 spiro atoms. The Hall–Kier alpha value is 0.410. The molecular weight excluding hydrogens is 171 g/mol. The molecule has 2 heteroatoms. The normalized spacial score (nSPS) is 39.8. The van der Waals surface area contributed by atoms with Gasteiger partial charge in [0.15, 0.2) is 0 Å². The summed E-state index contributed by atoms with van der Waals surface area (Å²) in [6.07, 6.45) is 3.17. The van der Waals surface area contributed by atoms with Crippen LogP contribution < -0.4 is 0 Å². The summed E-state index contributed by atoms with van der Waals surface area (Å²) in [5.41, 5.74) is 0. The molecule has 1 saturated carbocycles. The lowest BCUT2D eigenvalue weighted by atomic mass is 9.99. The fourth-order valence-corrected chi connectivity index (χ4v) is 1.80. The lowest BCUT2D eigenvalue weighted by molar-refractivity contribution is 0.257. The fraction of sp³-hybridized carbons (Fsp3) is 1.00. The zero-order valence-corrected chi connectivity index (χ0v) is 6.33. The van der Waals surface area contributed by atoms with Crippen molar-refractivity contribution in [1.82, 2.24) is 0 Å². The zero-order valence-electron chi connectivity index (χ0n) is 4.74. The first kappa shape index (κ1) is 6.53. The summed E-state index contributed by atoms with van der Waals surface area (Å²) in [5.74, 6) is 0. The molecule has 0 aromatic heterocycles. The molecule has 0 saturated heterocycles. The molecule has 0 bridgehead atoms. The summed E-state index contributed by atoms with van der Waals surface area (Å²) < 4.78 is 12.4. The standard InChI is InChI=1S/C6H10BrF/c7-5-2-1-3-6(8)4-5/h5-6H,1-4H2. The van der Waals surface area contributed by atoms with E-state index in [4.69, 9.17) is 0 Å². The summed E-state index contributed by atoms with van der Waals surface area (Å²) in [6, 6.07) is 0. The molecule has 1 aliphatic rings. The van der Waals surface area contributed by atoms with Gasteiger partial charge in [-0.25, -0.2) is 4.39 Å². The molecule has 1 fully saturated rings. The van der Waals surface area contributed by atoms with Crippen molar-refractivity contribution in [3.63, 3.8) is 0 Å². The van der Waals surface area contributed by atoms with E-state index in [-0.39, 0.29) is 0 Å². The van der Waals surface area contributed by atoms with E-state index in [1.807, 2.05) is 0 Å². The monoisotopic (exact) mass is 180 g/mol. The van der Waals surface area contributed by atoms with Gasteiger partial charge in [-0.15, -0.1) is 0 Å². The first-order valence-electron chi connectivity index (χ1n) is 3.07. The van der Waals surface area contributed by atoms with Crippen molar-refractivity contribution in [1.29, 1.82) is 0 Å². The van der Waals surface area contributed by atoms with Gasteiger partial charge in [0.25, 0.3) is 0 Å². The quantitative estimate of drug-likeness (QED) is 0.504. The van der Waals surface area contributed by atoms with Crippen molar-refractivity contribution < 1.29 is 4.39 Å². The summed E-state index contributed by atoms with van der Waals surface area (Å²) in [5, 5.41) is 0. The van der Waals surface area contributed by atoms with Crippen molar-refractivity contribution in [2.75, 3.05) is 0 Å². The summed E-state index contributed by atoms with van der Waals surface area (Å²) in [4.78, 5) is 0.450. The highest BCUT2D eigenvalue weighted by Crippen LogP contribution is 2.25. The van der Waals surface area contributed by atoms with Crippen LogP contribution in [-0.4, -0.2) is 11.0 Å². The molecule has 0 heterocycles. The van der Waals surface area contributed by atoms with Crippen LogP contribution in [0.3, 0.4) is 0 Å². The summed E-state index contributed by atoms with van der Waals surface area (Å²) in [6.45, 7) is 0. The van der Waals surface area contributed by atoms with Crippen LogP contribution in [0, 0.1) is 0 Å². The average Bonchev–Trinajstić information content (AvgIpc) is 1.64. The first-order chi connectivity index (χ1) is 3.79. The van der Waals surface area contributed by atoms with E-state index in [9.17, 15) is 4.39 Å². The van der Waals surface area contributed by atoms with Gasteiger partial charge in [0.05, 0.1) is 0 Å². The van der Waals surface area contributed by atoms with E-state index < -0.39 is 6.17 Å². The largest absolute Gasteiger partial charge is 0.247 e. The zero-order chi connectivity index (χ0) is 5.98. The van der Waals surface area contributed by atoms with Crippen LogP contribution in [0.5, 0.6) is 0 Å². The highest BCUT2D eigenvalue weighted by atomic mass is 79.9. The van der Waals surface area contributed by atoms with Gasteiger partial charge in [0, 0.05) is 4.83 Å². The molecule has 0 radical (unpaired) electrons. The van der Waals surface area contributed by atoms with Crippen molar-refractivity contribution in [2.45, 2.75) is 36.7 Å². The molecule has 2 atom stereocenters. The van der Waals surface area contributed by atoms with Crippen molar-refractivity contribution in [2.24, 2.45) is 0 Å². The molecule has 0 aromatic carbocycles. The Morgan fingerprint density at radius 2 is 2.12 bits per heavy atom. The lowest BCUT2D eigenvalue weighted by Crippen LogP contribution is -2.15. The second-order valence-corrected chi connectivity index (χ2v) is 3.66. The van der Waals surface area contributed by atoms with Gasteiger partial charge in [-0.3, -0.25) is 0 Å². The van der Waals surface area contributed by atoms with Gasteiger partial charge in [-0.2, -0.15) is 0 Å². The Morgan fingerprint density at radius 3 is 2.50 bits per heavy atom. The maximum absolute atomic E-state index is 12.4. The Morgan fingerprint density at radius 1 is 1.38 bits per heavy atom. The smallest absolute Gasteiger partial charge is 0.101 e. The number of rotatable bonds is 0. The highest BCUT2D eigenvalue weighted by molar-refractivity contribution is 9.09. The second-order valence-electron chi connectivity index (χ2n) is 2.36. The Balaban J connectivity index is 2.23. The number of hydrogen-bond donors (Lipinski definition) is 0. The SMILES string of the molecule is FC1CCCC(Br)C1. The van der Waals surface area contributed by atoms with Crippen molar-refractivity contribution in [3.05, 3.63) is 0 Å². The van der Waals surface area contributed by atoms with Crippen LogP contribution in [-0.2, 0) is 0 Å². The summed E-state index contributed by atoms with van der Waals surface area (Å²) in [7, 11) is 0. The Kier molecular flexibility index (Phi) is 2.29. The van der Waals surface area contributed by atoms with Crippen LogP contribution in [0.1, 0.15) is 25.7 Å². The molecule has 48 valence electrons. The van der Waals surface area contributed by atoms with Gasteiger partial charge < -0.3 is 0 Å². The molecule has 0 aromatic rings. The van der Waals surface area contributed by atoms with E-state index >= 15 is 0 Å². The number of alkyl halides is 2. The molecule has 0 N–H and O–H groups in total. The Labute approximate surface area is 57.6 Å². The number of halogens is 2. The average molecular weight is 181 g/mol. The third-order valence-corrected chi connectivity index (χ3v) is 2.38. The van der Waals surface area contributed by atoms with Crippen molar-refractivity contribution >= 4 is 15.9 Å². The molecular formula is C6H10BrF. The minimum Gasteiger partial charge on any atom is -0.247 e. The van der Waals surface area contributed by atoms with Crippen molar-refractivity contribution in [3.8, 4) is 0 Å². The second kappa shape index (κ2) is 2.81. The van der Waals surface area contributed by atoms with Gasteiger partial charge in [0.2, 0.25) is 0 Å². The van der Waals surface area contributed by atoms with Gasteiger partial charge in [-0.05, 0) is 25.7 Å². The third-order valence-electron chi connectivity index (χ3n) is 1.55. The predicted octanol–water partition coefficient (Wildman–Crippen LogP) is 2.66. The number of hydrogen-bond acceptors (Lipinski definition) is 0. The molecule has 2 unspecified atom stereocenters. The van der Waals surface area contributed by atoms with Gasteiger partial charge >= 0.3 is 0 Å². The first-order valence-corrected chi connectivity index (χ1v) is 3.99. The maximum atomic E-state index is 12.4. The lowest BCUT2D eigenvalue weighted by Gasteiger charge is -2.18. The molecule has 8 heavy (non-hydrogen) atoms. The van der Waals surface area contributed by atoms with Gasteiger partial charge in [-0.1, -0.05) is 15.9 Å². The third kappa shape index (κ3) is 1.73. The fourth-order valence-electron chi connectivity index (χ4n) is 1.07. The molecule has 0 amide bonds. The minimum absolute atomic E-state index is 0.450. The predicted molar refractivity (Wildman–Crippen MR) is 36.1 cm³/mol. The van der Waals surface area contributed by atoms with E-state index in [0.717, 1.165) is 25.7 Å². The summed E-state index contributed by atoms with van der Waals surface area (Å²) >= 11 is 3.39. The Bertz CT molecular complexity index is 66.9. The van der Waals surface area contributed by atoms with Crippen LogP contribution in [0.2, 0.25) is 0 Å².